The van der Waals surface area contributed by atoms with Gasteiger partial charge in [-0.15, -0.1) is 11.3 Å². The molecular formula is C17H11NS. The van der Waals surface area contributed by atoms with E-state index in [1.54, 1.807) is 11.3 Å². The van der Waals surface area contributed by atoms with Gasteiger partial charge in [0.15, 0.2) is 0 Å². The Kier molecular flexibility index (Phi) is 3.14. The van der Waals surface area contributed by atoms with Crippen molar-refractivity contribution in [2.24, 2.45) is 0 Å². The fraction of sp³-hybridized carbons (Fsp3) is 0. The first-order valence-electron chi connectivity index (χ1n) is 6.01. The zero-order valence-electron chi connectivity index (χ0n) is 10.2. The van der Waals surface area contributed by atoms with Crippen molar-refractivity contribution in [3.05, 3.63) is 71.6 Å². The van der Waals surface area contributed by atoms with Crippen LogP contribution in [0.2, 0.25) is 0 Å². The molecule has 0 amide bonds. The topological polar surface area (TPSA) is 23.8 Å². The van der Waals surface area contributed by atoms with E-state index in [1.807, 2.05) is 24.3 Å². The molecule has 0 saturated carbocycles. The van der Waals surface area contributed by atoms with Gasteiger partial charge < -0.3 is 0 Å². The quantitative estimate of drug-likeness (QED) is 0.640. The van der Waals surface area contributed by atoms with E-state index >= 15 is 0 Å². The summed E-state index contributed by atoms with van der Waals surface area (Å²) >= 11 is 1.74. The van der Waals surface area contributed by atoms with Crippen molar-refractivity contribution in [1.29, 1.82) is 5.26 Å². The smallest absolute Gasteiger partial charge is 0.0991 e. The first-order chi connectivity index (χ1) is 9.36. The average Bonchev–Trinajstić information content (AvgIpc) is 3.02. The molecule has 0 unspecified atom stereocenters. The van der Waals surface area contributed by atoms with E-state index in [-0.39, 0.29) is 0 Å². The maximum absolute atomic E-state index is 8.82. The second-order valence-electron chi connectivity index (χ2n) is 4.25. The summed E-state index contributed by atoms with van der Waals surface area (Å²) in [6, 6.07) is 22.5. The molecule has 1 heterocycles. The van der Waals surface area contributed by atoms with E-state index < -0.39 is 0 Å². The molecule has 0 spiro atoms. The first-order valence-corrected chi connectivity index (χ1v) is 6.89. The van der Waals surface area contributed by atoms with E-state index in [0.717, 1.165) is 5.56 Å². The Morgan fingerprint density at radius 1 is 0.789 bits per heavy atom. The van der Waals surface area contributed by atoms with Gasteiger partial charge in [0, 0.05) is 4.88 Å². The molecule has 0 fully saturated rings. The maximum atomic E-state index is 8.82. The van der Waals surface area contributed by atoms with Gasteiger partial charge in [0.05, 0.1) is 11.6 Å². The predicted molar refractivity (Wildman–Crippen MR) is 79.9 cm³/mol. The minimum atomic E-state index is 0.693. The lowest BCUT2D eigenvalue weighted by molar-refractivity contribution is 1.48. The van der Waals surface area contributed by atoms with Gasteiger partial charge in [-0.3, -0.25) is 0 Å². The summed E-state index contributed by atoms with van der Waals surface area (Å²) in [5.74, 6) is 0. The number of rotatable bonds is 2. The second kappa shape index (κ2) is 5.09. The van der Waals surface area contributed by atoms with Crippen molar-refractivity contribution in [2.45, 2.75) is 0 Å². The van der Waals surface area contributed by atoms with Crippen LogP contribution < -0.4 is 0 Å². The molecule has 3 aromatic rings. The van der Waals surface area contributed by atoms with Crippen molar-refractivity contribution < 1.29 is 0 Å². The van der Waals surface area contributed by atoms with E-state index in [2.05, 4.69) is 47.8 Å². The van der Waals surface area contributed by atoms with E-state index in [1.165, 1.54) is 16.0 Å². The van der Waals surface area contributed by atoms with Gasteiger partial charge in [-0.05, 0) is 46.3 Å². The normalized spacial score (nSPS) is 10.1. The van der Waals surface area contributed by atoms with Crippen molar-refractivity contribution in [3.63, 3.8) is 0 Å². The Morgan fingerprint density at radius 2 is 1.58 bits per heavy atom. The summed E-state index contributed by atoms with van der Waals surface area (Å²) in [7, 11) is 0. The minimum absolute atomic E-state index is 0.693. The molecule has 0 saturated heterocycles. The number of thiophene rings is 1. The molecular weight excluding hydrogens is 250 g/mol. The zero-order chi connectivity index (χ0) is 13.1. The molecule has 90 valence electrons. The van der Waals surface area contributed by atoms with Crippen LogP contribution in [-0.4, -0.2) is 0 Å². The monoisotopic (exact) mass is 261 g/mol. The van der Waals surface area contributed by atoms with Crippen LogP contribution in [0.15, 0.2) is 66.0 Å². The lowest BCUT2D eigenvalue weighted by Crippen LogP contribution is -1.80. The van der Waals surface area contributed by atoms with E-state index in [4.69, 9.17) is 5.26 Å². The number of hydrogen-bond acceptors (Lipinski definition) is 2. The summed E-state index contributed by atoms with van der Waals surface area (Å²) in [5, 5.41) is 10.9. The van der Waals surface area contributed by atoms with Crippen LogP contribution in [0.3, 0.4) is 0 Å². The Balaban J connectivity index is 2.01. The Hall–Kier alpha value is -2.37. The largest absolute Gasteiger partial charge is 0.192 e. The summed E-state index contributed by atoms with van der Waals surface area (Å²) in [6.07, 6.45) is 0. The lowest BCUT2D eigenvalue weighted by atomic mass is 10.0. The highest BCUT2D eigenvalue weighted by Gasteiger charge is 2.02. The number of benzene rings is 2. The van der Waals surface area contributed by atoms with E-state index in [9.17, 15) is 0 Å². The third-order valence-electron chi connectivity index (χ3n) is 3.02. The van der Waals surface area contributed by atoms with Crippen LogP contribution >= 0.6 is 11.3 Å². The number of nitriles is 1. The fourth-order valence-corrected chi connectivity index (χ4v) is 2.76. The molecule has 1 aromatic heterocycles. The molecule has 0 aliphatic heterocycles. The third-order valence-corrected chi connectivity index (χ3v) is 3.93. The van der Waals surface area contributed by atoms with Crippen LogP contribution in [0.25, 0.3) is 21.6 Å². The summed E-state index contributed by atoms with van der Waals surface area (Å²) in [6.45, 7) is 0. The molecule has 0 N–H and O–H groups in total. The van der Waals surface area contributed by atoms with Crippen LogP contribution in [0.4, 0.5) is 0 Å². The molecule has 19 heavy (non-hydrogen) atoms. The van der Waals surface area contributed by atoms with Crippen LogP contribution in [0.1, 0.15) is 5.56 Å². The van der Waals surface area contributed by atoms with Gasteiger partial charge in [0.1, 0.15) is 0 Å². The van der Waals surface area contributed by atoms with Crippen molar-refractivity contribution in [2.75, 3.05) is 0 Å². The lowest BCUT2D eigenvalue weighted by Gasteiger charge is -2.04. The van der Waals surface area contributed by atoms with Crippen molar-refractivity contribution >= 4 is 11.3 Å². The summed E-state index contributed by atoms with van der Waals surface area (Å²) < 4.78 is 0. The van der Waals surface area contributed by atoms with Gasteiger partial charge in [-0.1, -0.05) is 36.4 Å². The van der Waals surface area contributed by atoms with Crippen molar-refractivity contribution in [1.82, 2.24) is 0 Å². The summed E-state index contributed by atoms with van der Waals surface area (Å²) in [5.41, 5.74) is 4.24. The molecule has 0 bridgehead atoms. The molecule has 2 heteroatoms. The highest BCUT2D eigenvalue weighted by Crippen LogP contribution is 2.29. The van der Waals surface area contributed by atoms with E-state index in [0.29, 0.717) is 5.56 Å². The zero-order valence-corrected chi connectivity index (χ0v) is 11.0. The van der Waals surface area contributed by atoms with Crippen LogP contribution in [0.5, 0.6) is 0 Å². The Morgan fingerprint density at radius 3 is 2.26 bits per heavy atom. The van der Waals surface area contributed by atoms with Gasteiger partial charge in [0.25, 0.3) is 0 Å². The average molecular weight is 261 g/mol. The predicted octanol–water partition coefficient (Wildman–Crippen LogP) is 4.95. The molecule has 3 rings (SSSR count). The minimum Gasteiger partial charge on any atom is -0.192 e. The SMILES string of the molecule is N#Cc1ccc(-c2cccc(-c3cccs3)c2)cc1. The molecule has 0 aliphatic rings. The molecule has 0 radical (unpaired) electrons. The molecule has 0 atom stereocenters. The van der Waals surface area contributed by atoms with Gasteiger partial charge >= 0.3 is 0 Å². The highest BCUT2D eigenvalue weighted by molar-refractivity contribution is 7.13. The summed E-state index contributed by atoms with van der Waals surface area (Å²) in [4.78, 5) is 1.27. The Bertz CT molecular complexity index is 719. The van der Waals surface area contributed by atoms with Crippen LogP contribution in [-0.2, 0) is 0 Å². The molecule has 2 aromatic carbocycles. The molecule has 1 nitrogen and oxygen atoms in total. The number of hydrogen-bond donors (Lipinski definition) is 0. The molecule has 0 aliphatic carbocycles. The van der Waals surface area contributed by atoms with Gasteiger partial charge in [-0.2, -0.15) is 5.26 Å². The van der Waals surface area contributed by atoms with Crippen molar-refractivity contribution in [3.8, 4) is 27.6 Å². The fourth-order valence-electron chi connectivity index (χ4n) is 2.03. The third kappa shape index (κ3) is 2.42. The standard InChI is InChI=1S/C17H11NS/c18-12-13-6-8-14(9-7-13)15-3-1-4-16(11-15)17-5-2-10-19-17/h1-11H. The van der Waals surface area contributed by atoms with Crippen LogP contribution in [0, 0.1) is 11.3 Å². The first kappa shape index (κ1) is 11.7. The maximum Gasteiger partial charge on any atom is 0.0991 e. The van der Waals surface area contributed by atoms with Gasteiger partial charge in [0.2, 0.25) is 0 Å². The highest BCUT2D eigenvalue weighted by atomic mass is 32.1. The Labute approximate surface area is 116 Å². The second-order valence-corrected chi connectivity index (χ2v) is 5.19. The van der Waals surface area contributed by atoms with Gasteiger partial charge in [-0.25, -0.2) is 0 Å². The number of nitrogens with zero attached hydrogens (tertiary/aromatic N) is 1.